The largest absolute Gasteiger partial charge is 0.481 e. The molecule has 0 aromatic heterocycles. The number of aliphatic carboxylic acids is 1. The van der Waals surface area contributed by atoms with Gasteiger partial charge in [0.15, 0.2) is 0 Å². The first kappa shape index (κ1) is 9.39. The Labute approximate surface area is 60.0 Å². The molecule has 4 nitrogen and oxygen atoms in total. The third-order valence-corrected chi connectivity index (χ3v) is 1.28. The van der Waals surface area contributed by atoms with E-state index in [0.717, 1.165) is 0 Å². The van der Waals surface area contributed by atoms with Crippen LogP contribution in [0.1, 0.15) is 12.8 Å². The van der Waals surface area contributed by atoms with Gasteiger partial charge in [0.05, 0.1) is 6.10 Å². The van der Waals surface area contributed by atoms with Gasteiger partial charge in [-0.2, -0.15) is 0 Å². The van der Waals surface area contributed by atoms with Crippen molar-refractivity contribution in [1.29, 1.82) is 0 Å². The third-order valence-electron chi connectivity index (χ3n) is 1.28. The van der Waals surface area contributed by atoms with E-state index in [9.17, 15) is 4.79 Å². The van der Waals surface area contributed by atoms with Crippen LogP contribution in [0, 0.1) is 0 Å². The van der Waals surface area contributed by atoms with E-state index in [1.54, 1.807) is 0 Å². The van der Waals surface area contributed by atoms with Gasteiger partial charge in [-0.15, -0.1) is 0 Å². The first-order valence-corrected chi connectivity index (χ1v) is 3.15. The second-order valence-corrected chi connectivity index (χ2v) is 2.03. The van der Waals surface area contributed by atoms with Crippen molar-refractivity contribution < 1.29 is 14.6 Å². The maximum Gasteiger partial charge on any atom is 0.303 e. The Balaban J connectivity index is 3.34. The maximum absolute atomic E-state index is 10.0. The van der Waals surface area contributed by atoms with E-state index in [2.05, 4.69) is 0 Å². The van der Waals surface area contributed by atoms with Crippen LogP contribution in [-0.4, -0.2) is 30.8 Å². The average Bonchev–Trinajstić information content (AvgIpc) is 1.90. The van der Waals surface area contributed by atoms with E-state index in [0.29, 0.717) is 13.0 Å². The lowest BCUT2D eigenvalue weighted by atomic mass is 10.2. The van der Waals surface area contributed by atoms with Crippen molar-refractivity contribution in [3.8, 4) is 0 Å². The standard InChI is InChI=1S/C6H13NO3/c1-10-5(4-7)2-3-6(8)9/h5H,2-4,7H2,1H3,(H,8,9). The second kappa shape index (κ2) is 5.20. The number of carbonyl (C=O) groups is 1. The monoisotopic (exact) mass is 147 g/mol. The van der Waals surface area contributed by atoms with E-state index in [-0.39, 0.29) is 12.5 Å². The fourth-order valence-corrected chi connectivity index (χ4v) is 0.616. The molecule has 0 amide bonds. The van der Waals surface area contributed by atoms with Crippen LogP contribution in [0.4, 0.5) is 0 Å². The number of rotatable bonds is 5. The highest BCUT2D eigenvalue weighted by Crippen LogP contribution is 1.98. The summed E-state index contributed by atoms with van der Waals surface area (Å²) >= 11 is 0. The van der Waals surface area contributed by atoms with Gasteiger partial charge in [-0.25, -0.2) is 0 Å². The highest BCUT2D eigenvalue weighted by molar-refractivity contribution is 5.66. The lowest BCUT2D eigenvalue weighted by Gasteiger charge is -2.09. The number of carboxylic acid groups (broad SMARTS) is 1. The molecular weight excluding hydrogens is 134 g/mol. The normalized spacial score (nSPS) is 13.0. The third kappa shape index (κ3) is 4.29. The Morgan fingerprint density at radius 2 is 2.40 bits per heavy atom. The summed E-state index contributed by atoms with van der Waals surface area (Å²) in [6.45, 7) is 0.379. The van der Waals surface area contributed by atoms with E-state index < -0.39 is 5.97 Å². The number of carboxylic acids is 1. The lowest BCUT2D eigenvalue weighted by molar-refractivity contribution is -0.137. The molecule has 1 unspecified atom stereocenters. The minimum absolute atomic E-state index is 0.115. The molecule has 0 aliphatic rings. The molecule has 0 aliphatic heterocycles. The SMILES string of the molecule is COC(CN)CCC(=O)O. The van der Waals surface area contributed by atoms with Gasteiger partial charge < -0.3 is 15.6 Å². The molecule has 0 rings (SSSR count). The summed E-state index contributed by atoms with van der Waals surface area (Å²) in [6.07, 6.45) is 0.494. The Hall–Kier alpha value is -0.610. The van der Waals surface area contributed by atoms with Crippen molar-refractivity contribution in [2.45, 2.75) is 18.9 Å². The van der Waals surface area contributed by atoms with Gasteiger partial charge in [-0.1, -0.05) is 0 Å². The molecule has 3 N–H and O–H groups in total. The molecule has 0 spiro atoms. The Kier molecular flexibility index (Phi) is 4.88. The topological polar surface area (TPSA) is 72.5 Å². The summed E-state index contributed by atoms with van der Waals surface area (Å²) in [5, 5.41) is 8.26. The number of hydrogen-bond acceptors (Lipinski definition) is 3. The number of methoxy groups -OCH3 is 1. The molecule has 10 heavy (non-hydrogen) atoms. The van der Waals surface area contributed by atoms with Gasteiger partial charge >= 0.3 is 5.97 Å². The number of nitrogens with two attached hydrogens (primary N) is 1. The first-order chi connectivity index (χ1) is 4.70. The van der Waals surface area contributed by atoms with Crippen molar-refractivity contribution in [2.75, 3.05) is 13.7 Å². The quantitative estimate of drug-likeness (QED) is 0.566. The molecule has 0 aromatic rings. The zero-order valence-corrected chi connectivity index (χ0v) is 6.04. The van der Waals surface area contributed by atoms with Crippen LogP contribution in [0.3, 0.4) is 0 Å². The van der Waals surface area contributed by atoms with Crippen molar-refractivity contribution in [2.24, 2.45) is 5.73 Å². The van der Waals surface area contributed by atoms with Gasteiger partial charge in [0, 0.05) is 20.1 Å². The van der Waals surface area contributed by atoms with E-state index >= 15 is 0 Å². The summed E-state index contributed by atoms with van der Waals surface area (Å²) in [4.78, 5) is 10.0. The molecule has 0 heterocycles. The van der Waals surface area contributed by atoms with Crippen LogP contribution < -0.4 is 5.73 Å². The van der Waals surface area contributed by atoms with E-state index in [1.807, 2.05) is 0 Å². The van der Waals surface area contributed by atoms with Crippen molar-refractivity contribution in [1.82, 2.24) is 0 Å². The highest BCUT2D eigenvalue weighted by atomic mass is 16.5. The zero-order valence-electron chi connectivity index (χ0n) is 6.04. The second-order valence-electron chi connectivity index (χ2n) is 2.03. The fraction of sp³-hybridized carbons (Fsp3) is 0.833. The fourth-order valence-electron chi connectivity index (χ4n) is 0.616. The summed E-state index contributed by atoms with van der Waals surface area (Å²) in [7, 11) is 1.53. The van der Waals surface area contributed by atoms with Crippen LogP contribution in [0.15, 0.2) is 0 Å². The molecular formula is C6H13NO3. The Morgan fingerprint density at radius 1 is 1.80 bits per heavy atom. The lowest BCUT2D eigenvalue weighted by Crippen LogP contribution is -2.23. The molecule has 4 heteroatoms. The Bertz CT molecular complexity index is 101. The van der Waals surface area contributed by atoms with Gasteiger partial charge in [-0.05, 0) is 6.42 Å². The number of ether oxygens (including phenoxy) is 1. The molecule has 0 saturated carbocycles. The molecule has 60 valence electrons. The average molecular weight is 147 g/mol. The van der Waals surface area contributed by atoms with Crippen LogP contribution >= 0.6 is 0 Å². The molecule has 0 radical (unpaired) electrons. The van der Waals surface area contributed by atoms with Crippen LogP contribution in [0.5, 0.6) is 0 Å². The predicted octanol–water partition coefficient (Wildman–Crippen LogP) is -0.175. The predicted molar refractivity (Wildman–Crippen MR) is 36.7 cm³/mol. The zero-order chi connectivity index (χ0) is 7.98. The minimum Gasteiger partial charge on any atom is -0.481 e. The molecule has 0 bridgehead atoms. The van der Waals surface area contributed by atoms with Gasteiger partial charge in [-0.3, -0.25) is 4.79 Å². The smallest absolute Gasteiger partial charge is 0.303 e. The maximum atomic E-state index is 10.0. The van der Waals surface area contributed by atoms with Crippen LogP contribution in [0.25, 0.3) is 0 Å². The molecule has 0 aliphatic carbocycles. The minimum atomic E-state index is -0.810. The van der Waals surface area contributed by atoms with Crippen molar-refractivity contribution >= 4 is 5.97 Å². The van der Waals surface area contributed by atoms with Crippen LogP contribution in [-0.2, 0) is 9.53 Å². The molecule has 0 saturated heterocycles. The molecule has 0 fully saturated rings. The number of hydrogen-bond donors (Lipinski definition) is 2. The summed E-state index contributed by atoms with van der Waals surface area (Å²) < 4.78 is 4.86. The molecule has 1 atom stereocenters. The van der Waals surface area contributed by atoms with Crippen molar-refractivity contribution in [3.63, 3.8) is 0 Å². The first-order valence-electron chi connectivity index (χ1n) is 3.15. The summed E-state index contributed by atoms with van der Waals surface area (Å²) in [5.41, 5.74) is 5.25. The van der Waals surface area contributed by atoms with Gasteiger partial charge in [0.2, 0.25) is 0 Å². The van der Waals surface area contributed by atoms with E-state index in [4.69, 9.17) is 15.6 Å². The molecule has 0 aromatic carbocycles. The summed E-state index contributed by atoms with van der Waals surface area (Å²) in [5.74, 6) is -0.810. The summed E-state index contributed by atoms with van der Waals surface area (Å²) in [6, 6.07) is 0. The van der Waals surface area contributed by atoms with Gasteiger partial charge in [0.1, 0.15) is 0 Å². The Morgan fingerprint density at radius 3 is 2.70 bits per heavy atom. The highest BCUT2D eigenvalue weighted by Gasteiger charge is 2.06. The van der Waals surface area contributed by atoms with Gasteiger partial charge in [0.25, 0.3) is 0 Å². The van der Waals surface area contributed by atoms with E-state index in [1.165, 1.54) is 7.11 Å². The van der Waals surface area contributed by atoms with Crippen LogP contribution in [0.2, 0.25) is 0 Å². The van der Waals surface area contributed by atoms with Crippen molar-refractivity contribution in [3.05, 3.63) is 0 Å².